The fraction of sp³-hybridized carbons (Fsp3) is 0.400. The van der Waals surface area contributed by atoms with E-state index in [-0.39, 0.29) is 5.69 Å². The lowest BCUT2D eigenvalue weighted by atomic mass is 10.1. The molecule has 68 valence electrons. The molecule has 3 heteroatoms. The number of hydrogen-bond acceptors (Lipinski definition) is 2. The number of rotatable bonds is 2. The van der Waals surface area contributed by atoms with E-state index in [0.29, 0.717) is 5.92 Å². The van der Waals surface area contributed by atoms with Crippen LogP contribution in [0.15, 0.2) is 12.1 Å². The maximum absolute atomic E-state index is 10.6. The van der Waals surface area contributed by atoms with Crippen molar-refractivity contribution in [3.63, 3.8) is 0 Å². The average molecular weight is 177 g/mol. The lowest BCUT2D eigenvalue weighted by Gasteiger charge is -2.03. The summed E-state index contributed by atoms with van der Waals surface area (Å²) in [5.41, 5.74) is 2.24. The van der Waals surface area contributed by atoms with Gasteiger partial charge in [0.05, 0.1) is 0 Å². The predicted molar refractivity (Wildman–Crippen MR) is 47.9 cm³/mol. The molecule has 1 aliphatic carbocycles. The van der Waals surface area contributed by atoms with Crippen LogP contribution in [-0.2, 0) is 0 Å². The standard InChI is InChI=1S/C10H11NO2/c1-6-2-5-8(10(12)13)11-9(6)7-3-4-7/h2,5,7H,3-4H2,1H3,(H,12,13). The first-order valence-electron chi connectivity index (χ1n) is 4.39. The van der Waals surface area contributed by atoms with Crippen LogP contribution in [0.2, 0.25) is 0 Å². The van der Waals surface area contributed by atoms with Crippen molar-refractivity contribution in [3.05, 3.63) is 29.1 Å². The van der Waals surface area contributed by atoms with Crippen molar-refractivity contribution in [2.75, 3.05) is 0 Å². The summed E-state index contributed by atoms with van der Waals surface area (Å²) < 4.78 is 0. The van der Waals surface area contributed by atoms with Crippen LogP contribution in [0.3, 0.4) is 0 Å². The van der Waals surface area contributed by atoms with Gasteiger partial charge >= 0.3 is 5.97 Å². The molecule has 0 aromatic carbocycles. The van der Waals surface area contributed by atoms with E-state index in [4.69, 9.17) is 5.11 Å². The second-order valence-corrected chi connectivity index (χ2v) is 3.48. The Kier molecular flexibility index (Phi) is 1.79. The number of aromatic carboxylic acids is 1. The molecule has 0 radical (unpaired) electrons. The smallest absolute Gasteiger partial charge is 0.354 e. The van der Waals surface area contributed by atoms with Gasteiger partial charge in [-0.1, -0.05) is 6.07 Å². The van der Waals surface area contributed by atoms with Gasteiger partial charge in [-0.2, -0.15) is 0 Å². The van der Waals surface area contributed by atoms with Gasteiger partial charge in [-0.05, 0) is 31.4 Å². The number of hydrogen-bond donors (Lipinski definition) is 1. The highest BCUT2D eigenvalue weighted by Crippen LogP contribution is 2.40. The Morgan fingerprint density at radius 1 is 1.54 bits per heavy atom. The molecule has 1 aliphatic rings. The predicted octanol–water partition coefficient (Wildman–Crippen LogP) is 1.97. The first kappa shape index (κ1) is 8.23. The quantitative estimate of drug-likeness (QED) is 0.751. The molecule has 13 heavy (non-hydrogen) atoms. The second-order valence-electron chi connectivity index (χ2n) is 3.48. The Labute approximate surface area is 76.4 Å². The summed E-state index contributed by atoms with van der Waals surface area (Å²) in [6.07, 6.45) is 2.30. The van der Waals surface area contributed by atoms with E-state index < -0.39 is 5.97 Å². The van der Waals surface area contributed by atoms with Gasteiger partial charge < -0.3 is 5.11 Å². The zero-order valence-corrected chi connectivity index (χ0v) is 7.45. The number of carbonyl (C=O) groups is 1. The first-order valence-corrected chi connectivity index (χ1v) is 4.39. The molecular formula is C10H11NO2. The lowest BCUT2D eigenvalue weighted by Crippen LogP contribution is -2.03. The van der Waals surface area contributed by atoms with Crippen molar-refractivity contribution in [2.45, 2.75) is 25.7 Å². The molecule has 0 amide bonds. The van der Waals surface area contributed by atoms with Crippen LogP contribution in [-0.4, -0.2) is 16.1 Å². The van der Waals surface area contributed by atoms with E-state index in [1.54, 1.807) is 6.07 Å². The highest BCUT2D eigenvalue weighted by Gasteiger charge is 2.27. The normalized spacial score (nSPS) is 15.8. The van der Waals surface area contributed by atoms with E-state index >= 15 is 0 Å². The van der Waals surface area contributed by atoms with Gasteiger partial charge in [0.1, 0.15) is 5.69 Å². The summed E-state index contributed by atoms with van der Waals surface area (Å²) in [5.74, 6) is -0.429. The minimum atomic E-state index is -0.943. The molecule has 1 aromatic heterocycles. The van der Waals surface area contributed by atoms with Crippen molar-refractivity contribution >= 4 is 5.97 Å². The monoisotopic (exact) mass is 177 g/mol. The van der Waals surface area contributed by atoms with Gasteiger partial charge in [-0.3, -0.25) is 0 Å². The fourth-order valence-corrected chi connectivity index (χ4v) is 1.43. The van der Waals surface area contributed by atoms with Crippen molar-refractivity contribution < 1.29 is 9.90 Å². The number of aromatic nitrogens is 1. The zero-order valence-electron chi connectivity index (χ0n) is 7.45. The summed E-state index contributed by atoms with van der Waals surface area (Å²) in [6, 6.07) is 3.40. The fourth-order valence-electron chi connectivity index (χ4n) is 1.43. The Balaban J connectivity index is 2.41. The molecule has 1 N–H and O–H groups in total. The SMILES string of the molecule is Cc1ccc(C(=O)O)nc1C1CC1. The minimum Gasteiger partial charge on any atom is -0.477 e. The zero-order chi connectivity index (χ0) is 9.42. The number of nitrogens with zero attached hydrogens (tertiary/aromatic N) is 1. The molecule has 1 fully saturated rings. The van der Waals surface area contributed by atoms with E-state index in [1.807, 2.05) is 13.0 Å². The molecule has 0 spiro atoms. The van der Waals surface area contributed by atoms with Crippen LogP contribution >= 0.6 is 0 Å². The molecule has 1 saturated carbocycles. The number of carboxylic acid groups (broad SMARTS) is 1. The van der Waals surface area contributed by atoms with Gasteiger partial charge in [0, 0.05) is 11.6 Å². The Morgan fingerprint density at radius 2 is 2.23 bits per heavy atom. The van der Waals surface area contributed by atoms with E-state index in [2.05, 4.69) is 4.98 Å². The molecule has 0 bridgehead atoms. The summed E-state index contributed by atoms with van der Waals surface area (Å²) in [4.78, 5) is 14.8. The summed E-state index contributed by atoms with van der Waals surface area (Å²) in [5, 5.41) is 8.74. The average Bonchev–Trinajstić information content (AvgIpc) is 2.87. The molecule has 0 atom stereocenters. The van der Waals surface area contributed by atoms with Gasteiger partial charge in [0.25, 0.3) is 0 Å². The second kappa shape index (κ2) is 2.83. The van der Waals surface area contributed by atoms with Crippen LogP contribution in [0.25, 0.3) is 0 Å². The summed E-state index contributed by atoms with van der Waals surface area (Å²) in [6.45, 7) is 1.98. The first-order chi connectivity index (χ1) is 6.18. The number of aryl methyl sites for hydroxylation is 1. The third-order valence-corrected chi connectivity index (χ3v) is 2.32. The minimum absolute atomic E-state index is 0.160. The van der Waals surface area contributed by atoms with Crippen molar-refractivity contribution in [1.82, 2.24) is 4.98 Å². The topological polar surface area (TPSA) is 50.2 Å². The molecule has 3 nitrogen and oxygen atoms in total. The molecule has 0 unspecified atom stereocenters. The van der Waals surface area contributed by atoms with E-state index in [1.165, 1.54) is 0 Å². The molecule has 0 saturated heterocycles. The van der Waals surface area contributed by atoms with Crippen LogP contribution < -0.4 is 0 Å². The molecule has 1 heterocycles. The van der Waals surface area contributed by atoms with E-state index in [9.17, 15) is 4.79 Å². The van der Waals surface area contributed by atoms with Crippen LogP contribution in [0.4, 0.5) is 0 Å². The highest BCUT2D eigenvalue weighted by molar-refractivity contribution is 5.85. The highest BCUT2D eigenvalue weighted by atomic mass is 16.4. The Bertz CT molecular complexity index is 356. The van der Waals surface area contributed by atoms with Gasteiger partial charge in [-0.15, -0.1) is 0 Å². The van der Waals surface area contributed by atoms with Crippen molar-refractivity contribution in [2.24, 2.45) is 0 Å². The summed E-state index contributed by atoms with van der Waals surface area (Å²) in [7, 11) is 0. The number of pyridine rings is 1. The molecule has 0 aliphatic heterocycles. The lowest BCUT2D eigenvalue weighted by molar-refractivity contribution is 0.0690. The molecule has 2 rings (SSSR count). The molecular weight excluding hydrogens is 166 g/mol. The third kappa shape index (κ3) is 1.54. The van der Waals surface area contributed by atoms with Crippen molar-refractivity contribution in [3.8, 4) is 0 Å². The molecule has 1 aromatic rings. The van der Waals surface area contributed by atoms with Gasteiger partial charge in [0.2, 0.25) is 0 Å². The van der Waals surface area contributed by atoms with Crippen LogP contribution in [0, 0.1) is 6.92 Å². The Morgan fingerprint density at radius 3 is 2.77 bits per heavy atom. The maximum atomic E-state index is 10.6. The number of carboxylic acids is 1. The Hall–Kier alpha value is -1.38. The summed E-state index contributed by atoms with van der Waals surface area (Å²) >= 11 is 0. The van der Waals surface area contributed by atoms with Crippen molar-refractivity contribution in [1.29, 1.82) is 0 Å². The third-order valence-electron chi connectivity index (χ3n) is 2.32. The van der Waals surface area contributed by atoms with Gasteiger partial charge in [0.15, 0.2) is 0 Å². The van der Waals surface area contributed by atoms with Gasteiger partial charge in [-0.25, -0.2) is 9.78 Å². The largest absolute Gasteiger partial charge is 0.477 e. The van der Waals surface area contributed by atoms with Crippen LogP contribution in [0.5, 0.6) is 0 Å². The van der Waals surface area contributed by atoms with Crippen LogP contribution in [0.1, 0.15) is 40.5 Å². The van der Waals surface area contributed by atoms with E-state index in [0.717, 1.165) is 24.1 Å². The maximum Gasteiger partial charge on any atom is 0.354 e.